The van der Waals surface area contributed by atoms with E-state index < -0.39 is 0 Å². The highest BCUT2D eigenvalue weighted by Crippen LogP contribution is 2.22. The normalized spacial score (nSPS) is 16.4. The first kappa shape index (κ1) is 12.9. The van der Waals surface area contributed by atoms with Gasteiger partial charge < -0.3 is 15.5 Å². The van der Waals surface area contributed by atoms with Gasteiger partial charge in [0.2, 0.25) is 0 Å². The standard InChI is InChI=1S/C16H20N4/c1-19-8-10-20(11-9-19)16-7-4-14(12-18-16)13-2-5-15(17)6-3-13/h2-7,12H,8-11,17H2,1H3. The van der Waals surface area contributed by atoms with E-state index in [1.807, 2.05) is 30.5 Å². The van der Waals surface area contributed by atoms with Crippen LogP contribution in [-0.2, 0) is 0 Å². The van der Waals surface area contributed by atoms with Crippen LogP contribution in [0.15, 0.2) is 42.6 Å². The molecule has 1 aliphatic rings. The lowest BCUT2D eigenvalue weighted by atomic mass is 10.1. The van der Waals surface area contributed by atoms with E-state index in [1.54, 1.807) is 0 Å². The summed E-state index contributed by atoms with van der Waals surface area (Å²) in [6, 6.07) is 12.1. The molecule has 0 saturated carbocycles. The van der Waals surface area contributed by atoms with Crippen molar-refractivity contribution < 1.29 is 0 Å². The number of piperazine rings is 1. The molecule has 4 heteroatoms. The Labute approximate surface area is 119 Å². The fraction of sp³-hybridized carbons (Fsp3) is 0.312. The average molecular weight is 268 g/mol. The first-order valence-electron chi connectivity index (χ1n) is 6.98. The first-order chi connectivity index (χ1) is 9.72. The fourth-order valence-corrected chi connectivity index (χ4v) is 2.45. The molecular weight excluding hydrogens is 248 g/mol. The molecule has 2 N–H and O–H groups in total. The van der Waals surface area contributed by atoms with Gasteiger partial charge in [-0.05, 0) is 36.9 Å². The summed E-state index contributed by atoms with van der Waals surface area (Å²) < 4.78 is 0. The summed E-state index contributed by atoms with van der Waals surface area (Å²) >= 11 is 0. The third-order valence-electron chi connectivity index (χ3n) is 3.82. The minimum atomic E-state index is 0.788. The zero-order chi connectivity index (χ0) is 13.9. The van der Waals surface area contributed by atoms with E-state index in [1.165, 1.54) is 0 Å². The molecule has 0 aliphatic carbocycles. The summed E-state index contributed by atoms with van der Waals surface area (Å²) in [5.74, 6) is 1.07. The molecule has 0 amide bonds. The number of nitrogen functional groups attached to an aromatic ring is 1. The smallest absolute Gasteiger partial charge is 0.128 e. The molecule has 104 valence electrons. The number of anilines is 2. The SMILES string of the molecule is CN1CCN(c2ccc(-c3ccc(N)cc3)cn2)CC1. The van der Waals surface area contributed by atoms with Gasteiger partial charge in [-0.2, -0.15) is 0 Å². The van der Waals surface area contributed by atoms with Gasteiger partial charge in [0.1, 0.15) is 5.82 Å². The Morgan fingerprint density at radius 3 is 2.15 bits per heavy atom. The molecule has 0 bridgehead atoms. The van der Waals surface area contributed by atoms with E-state index in [4.69, 9.17) is 5.73 Å². The Hall–Kier alpha value is -2.07. The quantitative estimate of drug-likeness (QED) is 0.847. The van der Waals surface area contributed by atoms with Crippen LogP contribution < -0.4 is 10.6 Å². The number of nitrogens with zero attached hydrogens (tertiary/aromatic N) is 3. The molecule has 20 heavy (non-hydrogen) atoms. The second kappa shape index (κ2) is 5.51. The van der Waals surface area contributed by atoms with Crippen LogP contribution in [0.3, 0.4) is 0 Å². The van der Waals surface area contributed by atoms with Crippen LogP contribution in [0, 0.1) is 0 Å². The summed E-state index contributed by atoms with van der Waals surface area (Å²) in [5.41, 5.74) is 8.78. The van der Waals surface area contributed by atoms with Crippen LogP contribution in [0.1, 0.15) is 0 Å². The lowest BCUT2D eigenvalue weighted by molar-refractivity contribution is 0.312. The van der Waals surface area contributed by atoms with E-state index >= 15 is 0 Å². The van der Waals surface area contributed by atoms with Crippen LogP contribution in [0.25, 0.3) is 11.1 Å². The number of hydrogen-bond donors (Lipinski definition) is 1. The molecule has 0 unspecified atom stereocenters. The van der Waals surface area contributed by atoms with E-state index in [-0.39, 0.29) is 0 Å². The highest BCUT2D eigenvalue weighted by atomic mass is 15.3. The monoisotopic (exact) mass is 268 g/mol. The van der Waals surface area contributed by atoms with Gasteiger partial charge in [0.25, 0.3) is 0 Å². The molecule has 2 heterocycles. The van der Waals surface area contributed by atoms with E-state index in [0.29, 0.717) is 0 Å². The number of pyridine rings is 1. The molecule has 0 radical (unpaired) electrons. The van der Waals surface area contributed by atoms with Gasteiger partial charge in [-0.1, -0.05) is 12.1 Å². The maximum Gasteiger partial charge on any atom is 0.128 e. The van der Waals surface area contributed by atoms with Crippen molar-refractivity contribution in [2.24, 2.45) is 0 Å². The molecule has 3 rings (SSSR count). The van der Waals surface area contributed by atoms with Crippen molar-refractivity contribution in [3.8, 4) is 11.1 Å². The molecule has 1 saturated heterocycles. The van der Waals surface area contributed by atoms with Crippen LogP contribution in [-0.4, -0.2) is 43.1 Å². The van der Waals surface area contributed by atoms with Gasteiger partial charge in [-0.3, -0.25) is 0 Å². The maximum absolute atomic E-state index is 5.71. The number of nitrogens with two attached hydrogens (primary N) is 1. The molecule has 4 nitrogen and oxygen atoms in total. The molecule has 0 atom stereocenters. The van der Waals surface area contributed by atoms with Gasteiger partial charge in [-0.15, -0.1) is 0 Å². The molecular formula is C16H20N4. The summed E-state index contributed by atoms with van der Waals surface area (Å²) in [5, 5.41) is 0. The Morgan fingerprint density at radius 1 is 0.900 bits per heavy atom. The largest absolute Gasteiger partial charge is 0.399 e. The van der Waals surface area contributed by atoms with Crippen molar-refractivity contribution in [3.05, 3.63) is 42.6 Å². The van der Waals surface area contributed by atoms with Gasteiger partial charge in [0, 0.05) is 43.6 Å². The second-order valence-electron chi connectivity index (χ2n) is 5.32. The van der Waals surface area contributed by atoms with Gasteiger partial charge >= 0.3 is 0 Å². The van der Waals surface area contributed by atoms with Crippen LogP contribution >= 0.6 is 0 Å². The number of likely N-dealkylation sites (N-methyl/N-ethyl adjacent to an activating group) is 1. The molecule has 1 aromatic heterocycles. The zero-order valence-corrected chi connectivity index (χ0v) is 11.8. The Kier molecular flexibility index (Phi) is 3.56. The minimum absolute atomic E-state index is 0.788. The lowest BCUT2D eigenvalue weighted by Crippen LogP contribution is -2.44. The van der Waals surface area contributed by atoms with Crippen molar-refractivity contribution in [2.45, 2.75) is 0 Å². The molecule has 2 aromatic rings. The number of aromatic nitrogens is 1. The zero-order valence-electron chi connectivity index (χ0n) is 11.8. The Bertz CT molecular complexity index is 554. The minimum Gasteiger partial charge on any atom is -0.399 e. The van der Waals surface area contributed by atoms with Crippen molar-refractivity contribution in [1.82, 2.24) is 9.88 Å². The maximum atomic E-state index is 5.71. The highest BCUT2D eigenvalue weighted by Gasteiger charge is 2.14. The molecule has 1 aromatic carbocycles. The summed E-state index contributed by atoms with van der Waals surface area (Å²) in [6.45, 7) is 4.29. The molecule has 1 fully saturated rings. The van der Waals surface area contributed by atoms with E-state index in [9.17, 15) is 0 Å². The second-order valence-corrected chi connectivity index (χ2v) is 5.32. The van der Waals surface area contributed by atoms with Gasteiger partial charge in [0.15, 0.2) is 0 Å². The predicted molar refractivity (Wildman–Crippen MR) is 83.8 cm³/mol. The highest BCUT2D eigenvalue weighted by molar-refractivity contribution is 5.65. The molecule has 0 spiro atoms. The van der Waals surface area contributed by atoms with Gasteiger partial charge in [0.05, 0.1) is 0 Å². The van der Waals surface area contributed by atoms with Crippen molar-refractivity contribution in [1.29, 1.82) is 0 Å². The fourth-order valence-electron chi connectivity index (χ4n) is 2.45. The Balaban J connectivity index is 1.76. The van der Waals surface area contributed by atoms with Crippen LogP contribution in [0.5, 0.6) is 0 Å². The summed E-state index contributed by atoms with van der Waals surface area (Å²) in [6.07, 6.45) is 1.94. The number of hydrogen-bond acceptors (Lipinski definition) is 4. The van der Waals surface area contributed by atoms with Crippen molar-refractivity contribution in [3.63, 3.8) is 0 Å². The third-order valence-corrected chi connectivity index (χ3v) is 3.82. The average Bonchev–Trinajstić information content (AvgIpc) is 2.49. The lowest BCUT2D eigenvalue weighted by Gasteiger charge is -2.33. The van der Waals surface area contributed by atoms with Gasteiger partial charge in [-0.25, -0.2) is 4.98 Å². The molecule has 1 aliphatic heterocycles. The Morgan fingerprint density at radius 2 is 1.55 bits per heavy atom. The summed E-state index contributed by atoms with van der Waals surface area (Å²) in [4.78, 5) is 9.29. The number of benzene rings is 1. The third kappa shape index (κ3) is 2.75. The first-order valence-corrected chi connectivity index (χ1v) is 6.98. The predicted octanol–water partition coefficient (Wildman–Crippen LogP) is 2.08. The van der Waals surface area contributed by atoms with E-state index in [0.717, 1.165) is 48.8 Å². The number of rotatable bonds is 2. The van der Waals surface area contributed by atoms with Crippen LogP contribution in [0.2, 0.25) is 0 Å². The van der Waals surface area contributed by atoms with E-state index in [2.05, 4.69) is 34.0 Å². The van der Waals surface area contributed by atoms with Crippen molar-refractivity contribution >= 4 is 11.5 Å². The summed E-state index contributed by atoms with van der Waals surface area (Å²) in [7, 11) is 2.16. The topological polar surface area (TPSA) is 45.4 Å². The van der Waals surface area contributed by atoms with Crippen molar-refractivity contribution in [2.75, 3.05) is 43.9 Å². The van der Waals surface area contributed by atoms with Crippen LogP contribution in [0.4, 0.5) is 11.5 Å².